The molecule has 0 aliphatic carbocycles. The maximum absolute atomic E-state index is 14.5. The lowest BCUT2D eigenvalue weighted by Crippen LogP contribution is -2.60. The van der Waals surface area contributed by atoms with Gasteiger partial charge in [0.1, 0.15) is 12.1 Å². The van der Waals surface area contributed by atoms with Crippen LogP contribution in [0.25, 0.3) is 0 Å². The molecule has 0 spiro atoms. The summed E-state index contributed by atoms with van der Waals surface area (Å²) in [5.41, 5.74) is 0.788. The van der Waals surface area contributed by atoms with Gasteiger partial charge in [0, 0.05) is 34.2 Å². The fourth-order valence-corrected chi connectivity index (χ4v) is 8.92. The predicted molar refractivity (Wildman–Crippen MR) is 237 cm³/mol. The first kappa shape index (κ1) is 52.6. The van der Waals surface area contributed by atoms with Crippen LogP contribution in [-0.4, -0.2) is 133 Å². The SMILES string of the molecule is CCCCCCCCN(C)[C@H](C(=O)N[C@H](C(=O)N(C)[C@@H]([C@@H](C)CC)[C@@H](CC(=O)N1CCC[C@H]1[C@H](OC)[C@@H](C)C(=O)N[C@@H](Cc1ccccc1)C(=O)O)OC)C(C)C)C(C)C. The molecule has 0 radical (unpaired) electrons. The van der Waals surface area contributed by atoms with Gasteiger partial charge in [0.05, 0.1) is 42.7 Å². The van der Waals surface area contributed by atoms with Crippen LogP contribution < -0.4 is 10.6 Å². The molecule has 1 aromatic carbocycles. The van der Waals surface area contributed by atoms with Crippen molar-refractivity contribution in [3.05, 3.63) is 35.9 Å². The molecular formula is C47H81N5O8. The summed E-state index contributed by atoms with van der Waals surface area (Å²) in [7, 11) is 6.79. The lowest BCUT2D eigenvalue weighted by Gasteiger charge is -2.41. The number of amides is 4. The van der Waals surface area contributed by atoms with E-state index in [0.717, 1.165) is 31.4 Å². The third kappa shape index (κ3) is 15.4. The Labute approximate surface area is 362 Å². The number of hydrogen-bond acceptors (Lipinski definition) is 8. The number of unbranched alkanes of at least 4 members (excludes halogenated alkanes) is 5. The van der Waals surface area contributed by atoms with Crippen LogP contribution in [-0.2, 0) is 39.9 Å². The number of nitrogens with zero attached hydrogens (tertiary/aromatic N) is 3. The molecule has 4 amide bonds. The summed E-state index contributed by atoms with van der Waals surface area (Å²) in [6.07, 6.45) is 7.84. The molecule has 9 atom stereocenters. The number of nitrogens with one attached hydrogen (secondary N) is 2. The zero-order valence-electron chi connectivity index (χ0n) is 39.1. The van der Waals surface area contributed by atoms with Gasteiger partial charge in [0.2, 0.25) is 23.6 Å². The van der Waals surface area contributed by atoms with Crippen LogP contribution in [0.3, 0.4) is 0 Å². The minimum Gasteiger partial charge on any atom is -0.480 e. The van der Waals surface area contributed by atoms with Crippen molar-refractivity contribution in [1.82, 2.24) is 25.3 Å². The highest BCUT2D eigenvalue weighted by atomic mass is 16.5. The average molecular weight is 844 g/mol. The van der Waals surface area contributed by atoms with Gasteiger partial charge in [-0.05, 0) is 56.2 Å². The van der Waals surface area contributed by atoms with Gasteiger partial charge >= 0.3 is 5.97 Å². The van der Waals surface area contributed by atoms with Crippen LogP contribution in [0.15, 0.2) is 30.3 Å². The zero-order valence-corrected chi connectivity index (χ0v) is 39.1. The monoisotopic (exact) mass is 844 g/mol. The lowest BCUT2D eigenvalue weighted by molar-refractivity contribution is -0.148. The van der Waals surface area contributed by atoms with E-state index in [1.807, 2.05) is 78.9 Å². The first-order valence-electron chi connectivity index (χ1n) is 22.6. The summed E-state index contributed by atoms with van der Waals surface area (Å²) in [5, 5.41) is 15.8. The minimum atomic E-state index is -1.13. The summed E-state index contributed by atoms with van der Waals surface area (Å²) >= 11 is 0. The number of benzene rings is 1. The largest absolute Gasteiger partial charge is 0.480 e. The molecule has 13 nitrogen and oxygen atoms in total. The van der Waals surface area contributed by atoms with Crippen molar-refractivity contribution in [2.24, 2.45) is 23.7 Å². The van der Waals surface area contributed by atoms with E-state index in [-0.39, 0.29) is 54.4 Å². The normalized spacial score (nSPS) is 18.4. The number of aliphatic carboxylic acids is 1. The van der Waals surface area contributed by atoms with E-state index in [2.05, 4.69) is 22.5 Å². The molecule has 60 heavy (non-hydrogen) atoms. The van der Waals surface area contributed by atoms with Crippen molar-refractivity contribution >= 4 is 29.6 Å². The number of rotatable bonds is 28. The van der Waals surface area contributed by atoms with Crippen LogP contribution in [0.1, 0.15) is 125 Å². The Hall–Kier alpha value is -3.55. The molecular weight excluding hydrogens is 763 g/mol. The molecule has 0 aromatic heterocycles. The third-order valence-electron chi connectivity index (χ3n) is 12.6. The zero-order chi connectivity index (χ0) is 45.1. The van der Waals surface area contributed by atoms with Gasteiger partial charge in [-0.15, -0.1) is 0 Å². The molecule has 13 heteroatoms. The molecule has 0 unspecified atom stereocenters. The topological polar surface area (TPSA) is 158 Å². The van der Waals surface area contributed by atoms with E-state index in [1.54, 1.807) is 30.9 Å². The van der Waals surface area contributed by atoms with E-state index >= 15 is 0 Å². The second-order valence-corrected chi connectivity index (χ2v) is 17.8. The van der Waals surface area contributed by atoms with Gasteiger partial charge in [-0.1, -0.05) is 124 Å². The summed E-state index contributed by atoms with van der Waals surface area (Å²) in [6.45, 7) is 17.2. The number of carboxylic acid groups (broad SMARTS) is 1. The van der Waals surface area contributed by atoms with Crippen molar-refractivity contribution in [2.45, 2.75) is 168 Å². The van der Waals surface area contributed by atoms with E-state index in [9.17, 15) is 29.1 Å². The molecule has 1 saturated heterocycles. The van der Waals surface area contributed by atoms with Crippen molar-refractivity contribution in [1.29, 1.82) is 0 Å². The summed E-state index contributed by atoms with van der Waals surface area (Å²) in [4.78, 5) is 74.0. The van der Waals surface area contributed by atoms with Crippen molar-refractivity contribution in [3.63, 3.8) is 0 Å². The van der Waals surface area contributed by atoms with Crippen molar-refractivity contribution in [2.75, 3.05) is 41.4 Å². The highest BCUT2D eigenvalue weighted by molar-refractivity contribution is 5.90. The summed E-state index contributed by atoms with van der Waals surface area (Å²) in [5.74, 6) is -3.13. The van der Waals surface area contributed by atoms with Gasteiger partial charge in [-0.3, -0.25) is 24.1 Å². The van der Waals surface area contributed by atoms with E-state index in [1.165, 1.54) is 32.8 Å². The number of likely N-dealkylation sites (tertiary alicyclic amines) is 1. The smallest absolute Gasteiger partial charge is 0.326 e. The molecule has 3 N–H and O–H groups in total. The first-order chi connectivity index (χ1) is 28.4. The Bertz CT molecular complexity index is 1460. The number of likely N-dealkylation sites (N-methyl/N-ethyl adjacent to an activating group) is 2. The molecule has 2 rings (SSSR count). The van der Waals surface area contributed by atoms with Gasteiger partial charge in [0.15, 0.2) is 0 Å². The van der Waals surface area contributed by atoms with Crippen LogP contribution >= 0.6 is 0 Å². The number of carbonyl (C=O) groups is 5. The highest BCUT2D eigenvalue weighted by Gasteiger charge is 2.43. The van der Waals surface area contributed by atoms with Crippen LogP contribution in [0.4, 0.5) is 0 Å². The second kappa shape index (κ2) is 26.7. The number of hydrogen-bond donors (Lipinski definition) is 3. The predicted octanol–water partition coefficient (Wildman–Crippen LogP) is 6.18. The Morgan fingerprint density at radius 3 is 2.03 bits per heavy atom. The van der Waals surface area contributed by atoms with E-state index in [4.69, 9.17) is 9.47 Å². The van der Waals surface area contributed by atoms with Gasteiger partial charge in [-0.2, -0.15) is 0 Å². The van der Waals surface area contributed by atoms with Crippen molar-refractivity contribution in [3.8, 4) is 0 Å². The fourth-order valence-electron chi connectivity index (χ4n) is 8.92. The third-order valence-corrected chi connectivity index (χ3v) is 12.6. The molecule has 1 aromatic rings. The number of ether oxygens (including phenoxy) is 2. The van der Waals surface area contributed by atoms with Crippen LogP contribution in [0, 0.1) is 23.7 Å². The van der Waals surface area contributed by atoms with E-state index < -0.39 is 54.2 Å². The first-order valence-corrected chi connectivity index (χ1v) is 22.6. The molecule has 1 fully saturated rings. The standard InChI is InChI=1S/C47H81N5O8/c1-13-15-16-17-18-22-27-50(9)41(32(5)6)45(55)49-40(31(3)4)46(56)51(10)42(33(7)14-2)38(59-11)30-39(53)52-28-23-26-37(52)43(60-12)34(8)44(54)48-36(47(57)58)29-35-24-20-19-21-25-35/h19-21,24-25,31-34,36-38,40-43H,13-18,22-23,26-30H2,1-12H3,(H,48,54)(H,49,55)(H,57,58)/t33-,34+,36-,37-,38+,40-,41-,42-,43+/m0/s1. The number of carbonyl (C=O) groups excluding carboxylic acids is 4. The summed E-state index contributed by atoms with van der Waals surface area (Å²) < 4.78 is 12.0. The Kier molecular flexibility index (Phi) is 23.4. The summed E-state index contributed by atoms with van der Waals surface area (Å²) in [6, 6.07) is 5.93. The van der Waals surface area contributed by atoms with Gasteiger partial charge in [0.25, 0.3) is 0 Å². The van der Waals surface area contributed by atoms with Crippen LogP contribution in [0.5, 0.6) is 0 Å². The van der Waals surface area contributed by atoms with Gasteiger partial charge < -0.3 is 35.0 Å². The molecule has 0 bridgehead atoms. The van der Waals surface area contributed by atoms with Crippen LogP contribution in [0.2, 0.25) is 0 Å². The quantitative estimate of drug-likeness (QED) is 0.0839. The Morgan fingerprint density at radius 2 is 1.48 bits per heavy atom. The Balaban J connectivity index is 2.24. The fraction of sp³-hybridized carbons (Fsp3) is 0.766. The number of carboxylic acids is 1. The average Bonchev–Trinajstić information content (AvgIpc) is 3.70. The maximum atomic E-state index is 14.5. The maximum Gasteiger partial charge on any atom is 0.326 e. The number of methoxy groups -OCH3 is 2. The van der Waals surface area contributed by atoms with Gasteiger partial charge in [-0.25, -0.2) is 4.79 Å². The lowest BCUT2D eigenvalue weighted by atomic mass is 9.89. The second-order valence-electron chi connectivity index (χ2n) is 17.8. The molecule has 1 aliphatic heterocycles. The minimum absolute atomic E-state index is 0.00777. The molecule has 1 aliphatic rings. The molecule has 1 heterocycles. The van der Waals surface area contributed by atoms with E-state index in [0.29, 0.717) is 19.4 Å². The molecule has 342 valence electrons. The Morgan fingerprint density at radius 1 is 0.850 bits per heavy atom. The molecule has 0 saturated carbocycles. The highest BCUT2D eigenvalue weighted by Crippen LogP contribution is 2.30. The van der Waals surface area contributed by atoms with Crippen molar-refractivity contribution < 1.29 is 38.6 Å².